The highest BCUT2D eigenvalue weighted by atomic mass is 35.5. The van der Waals surface area contributed by atoms with Crippen LogP contribution in [0.15, 0.2) is 42.5 Å². The monoisotopic (exact) mass is 454 g/mol. The molecule has 2 aromatic rings. The van der Waals surface area contributed by atoms with Crippen LogP contribution in [0.1, 0.15) is 0 Å². The Kier molecular flexibility index (Phi) is 7.01. The number of halogens is 1. The topological polar surface area (TPSA) is 105 Å². The number of anilines is 2. The summed E-state index contributed by atoms with van der Waals surface area (Å²) in [5, 5.41) is 15.1. The van der Waals surface area contributed by atoms with E-state index in [1.54, 1.807) is 36.4 Å². The van der Waals surface area contributed by atoms with Gasteiger partial charge in [-0.15, -0.1) is 0 Å². The molecule has 0 aliphatic carbocycles. The summed E-state index contributed by atoms with van der Waals surface area (Å²) in [6.07, 6.45) is 1.20. The van der Waals surface area contributed by atoms with Crippen LogP contribution < -0.4 is 15.0 Å². The third-order valence-electron chi connectivity index (χ3n) is 4.75. The van der Waals surface area contributed by atoms with Crippen molar-refractivity contribution in [2.24, 2.45) is 0 Å². The number of nitrogens with one attached hydrogen (secondary N) is 1. The number of nitro benzene ring substituents is 1. The van der Waals surface area contributed by atoms with Crippen LogP contribution in [0, 0.1) is 10.1 Å². The lowest BCUT2D eigenvalue weighted by Gasteiger charge is -2.34. The molecule has 1 saturated heterocycles. The van der Waals surface area contributed by atoms with Gasteiger partial charge in [0, 0.05) is 49.5 Å². The quantitative estimate of drug-likeness (QED) is 0.371. The molecule has 0 unspecified atom stereocenters. The molecule has 1 aliphatic rings. The molecule has 30 heavy (non-hydrogen) atoms. The maximum Gasteiger partial charge on any atom is 0.292 e. The van der Waals surface area contributed by atoms with Crippen molar-refractivity contribution in [2.45, 2.75) is 0 Å². The van der Waals surface area contributed by atoms with E-state index in [1.165, 1.54) is 16.6 Å². The van der Waals surface area contributed by atoms with Gasteiger partial charge in [0.15, 0.2) is 0 Å². The number of benzene rings is 2. The van der Waals surface area contributed by atoms with E-state index in [0.29, 0.717) is 55.8 Å². The van der Waals surface area contributed by atoms with Gasteiger partial charge in [0.1, 0.15) is 18.0 Å². The fraction of sp³-hybridized carbons (Fsp3) is 0.368. The Balaban J connectivity index is 1.63. The highest BCUT2D eigenvalue weighted by Crippen LogP contribution is 2.30. The van der Waals surface area contributed by atoms with Crippen LogP contribution in [-0.2, 0) is 10.0 Å². The lowest BCUT2D eigenvalue weighted by molar-refractivity contribution is -0.383. The van der Waals surface area contributed by atoms with E-state index in [-0.39, 0.29) is 5.69 Å². The van der Waals surface area contributed by atoms with Crippen molar-refractivity contribution in [2.75, 3.05) is 55.8 Å². The highest BCUT2D eigenvalue weighted by Gasteiger charge is 2.24. The fourth-order valence-electron chi connectivity index (χ4n) is 3.18. The van der Waals surface area contributed by atoms with Crippen LogP contribution in [0.5, 0.6) is 5.75 Å². The summed E-state index contributed by atoms with van der Waals surface area (Å²) in [5.74, 6) is 0.660. The number of nitro groups is 1. The standard InChI is InChI=1S/C19H23ClN4O5S/c1-30(27,28)23-11-9-22(10-12-23)16-4-7-19(24(25)26)18(14-16)21-8-13-29-17-5-2-15(20)3-6-17/h2-7,14,21H,8-13H2,1H3. The maximum atomic E-state index is 11.7. The zero-order chi connectivity index (χ0) is 21.7. The SMILES string of the molecule is CS(=O)(=O)N1CCN(c2ccc([N+](=O)[O-])c(NCCOc3ccc(Cl)cc3)c2)CC1. The van der Waals surface area contributed by atoms with Gasteiger partial charge in [-0.2, -0.15) is 4.31 Å². The second-order valence-electron chi connectivity index (χ2n) is 6.84. The summed E-state index contributed by atoms with van der Waals surface area (Å²) < 4.78 is 30.4. The Morgan fingerprint density at radius 3 is 2.40 bits per heavy atom. The molecule has 11 heteroatoms. The van der Waals surface area contributed by atoms with Crippen LogP contribution in [-0.4, -0.2) is 63.2 Å². The van der Waals surface area contributed by atoms with Gasteiger partial charge in [0.2, 0.25) is 10.0 Å². The average Bonchev–Trinajstić information content (AvgIpc) is 2.71. The van der Waals surface area contributed by atoms with Crippen molar-refractivity contribution in [3.8, 4) is 5.75 Å². The summed E-state index contributed by atoms with van der Waals surface area (Å²) in [7, 11) is -3.21. The number of piperazine rings is 1. The highest BCUT2D eigenvalue weighted by molar-refractivity contribution is 7.88. The lowest BCUT2D eigenvalue weighted by Crippen LogP contribution is -2.48. The van der Waals surface area contributed by atoms with Gasteiger partial charge in [0.05, 0.1) is 11.2 Å². The van der Waals surface area contributed by atoms with E-state index in [2.05, 4.69) is 5.32 Å². The average molecular weight is 455 g/mol. The molecule has 0 spiro atoms. The maximum absolute atomic E-state index is 11.7. The first-order valence-corrected chi connectivity index (χ1v) is 11.6. The Morgan fingerprint density at radius 2 is 1.80 bits per heavy atom. The second-order valence-corrected chi connectivity index (χ2v) is 9.26. The van der Waals surface area contributed by atoms with Crippen LogP contribution in [0.2, 0.25) is 5.02 Å². The minimum absolute atomic E-state index is 0.0278. The van der Waals surface area contributed by atoms with Gasteiger partial charge >= 0.3 is 0 Å². The lowest BCUT2D eigenvalue weighted by atomic mass is 10.2. The number of sulfonamides is 1. The third kappa shape index (κ3) is 5.74. The molecule has 0 bridgehead atoms. The minimum Gasteiger partial charge on any atom is -0.492 e. The van der Waals surface area contributed by atoms with Gasteiger partial charge in [0.25, 0.3) is 5.69 Å². The van der Waals surface area contributed by atoms with Crippen molar-refractivity contribution in [3.05, 3.63) is 57.6 Å². The summed E-state index contributed by atoms with van der Waals surface area (Å²) in [6, 6.07) is 11.8. The molecule has 1 N–H and O–H groups in total. The third-order valence-corrected chi connectivity index (χ3v) is 6.30. The molecule has 9 nitrogen and oxygen atoms in total. The minimum atomic E-state index is -3.21. The van der Waals surface area contributed by atoms with E-state index in [4.69, 9.17) is 16.3 Å². The summed E-state index contributed by atoms with van der Waals surface area (Å²) in [6.45, 7) is 2.49. The molecule has 162 valence electrons. The Labute approximate surface area is 180 Å². The van der Waals surface area contributed by atoms with Crippen molar-refractivity contribution < 1.29 is 18.1 Å². The van der Waals surface area contributed by atoms with Crippen molar-refractivity contribution in [3.63, 3.8) is 0 Å². The molecule has 0 aromatic heterocycles. The van der Waals surface area contributed by atoms with E-state index in [9.17, 15) is 18.5 Å². The van der Waals surface area contributed by atoms with Crippen LogP contribution in [0.4, 0.5) is 17.1 Å². The summed E-state index contributed by atoms with van der Waals surface area (Å²) in [4.78, 5) is 13.0. The largest absolute Gasteiger partial charge is 0.492 e. The number of hydrogen-bond acceptors (Lipinski definition) is 7. The van der Waals surface area contributed by atoms with Gasteiger partial charge in [-0.25, -0.2) is 8.42 Å². The predicted octanol–water partition coefficient (Wildman–Crippen LogP) is 2.82. The molecule has 1 heterocycles. The summed E-state index contributed by atoms with van der Waals surface area (Å²) in [5.41, 5.74) is 1.16. The number of rotatable bonds is 8. The second kappa shape index (κ2) is 9.50. The fourth-order valence-corrected chi connectivity index (χ4v) is 4.14. The van der Waals surface area contributed by atoms with Crippen LogP contribution >= 0.6 is 11.6 Å². The number of nitrogens with zero attached hydrogens (tertiary/aromatic N) is 3. The van der Waals surface area contributed by atoms with Crippen LogP contribution in [0.25, 0.3) is 0 Å². The van der Waals surface area contributed by atoms with E-state index >= 15 is 0 Å². The number of ether oxygens (including phenoxy) is 1. The molecule has 0 amide bonds. The first-order chi connectivity index (χ1) is 14.2. The van der Waals surface area contributed by atoms with Crippen molar-refractivity contribution in [1.82, 2.24) is 4.31 Å². The molecule has 1 fully saturated rings. The van der Waals surface area contributed by atoms with Crippen molar-refractivity contribution in [1.29, 1.82) is 0 Å². The first kappa shape index (κ1) is 22.1. The van der Waals surface area contributed by atoms with E-state index in [1.807, 2.05) is 4.90 Å². The van der Waals surface area contributed by atoms with E-state index in [0.717, 1.165) is 5.69 Å². The van der Waals surface area contributed by atoms with Gasteiger partial charge in [-0.3, -0.25) is 10.1 Å². The number of hydrogen-bond donors (Lipinski definition) is 1. The van der Waals surface area contributed by atoms with Crippen LogP contribution in [0.3, 0.4) is 0 Å². The molecule has 0 atom stereocenters. The molecular formula is C19H23ClN4O5S. The Hall–Kier alpha value is -2.56. The van der Waals surface area contributed by atoms with E-state index < -0.39 is 14.9 Å². The smallest absolute Gasteiger partial charge is 0.292 e. The van der Waals surface area contributed by atoms with Gasteiger partial charge in [-0.1, -0.05) is 11.6 Å². The normalized spacial score (nSPS) is 15.1. The molecule has 0 saturated carbocycles. The molecule has 2 aromatic carbocycles. The zero-order valence-electron chi connectivity index (χ0n) is 16.5. The molecular weight excluding hydrogens is 432 g/mol. The Morgan fingerprint density at radius 1 is 1.13 bits per heavy atom. The van der Waals surface area contributed by atoms with Gasteiger partial charge in [-0.05, 0) is 36.4 Å². The zero-order valence-corrected chi connectivity index (χ0v) is 18.0. The molecule has 0 radical (unpaired) electrons. The first-order valence-electron chi connectivity index (χ1n) is 9.35. The molecule has 1 aliphatic heterocycles. The van der Waals surface area contributed by atoms with Gasteiger partial charge < -0.3 is 15.0 Å². The predicted molar refractivity (Wildman–Crippen MR) is 117 cm³/mol. The Bertz CT molecular complexity index is 992. The van der Waals surface area contributed by atoms with Crippen molar-refractivity contribution >= 4 is 38.7 Å². The summed E-state index contributed by atoms with van der Waals surface area (Å²) >= 11 is 5.84. The molecule has 3 rings (SSSR count).